The molecule has 26 heavy (non-hydrogen) atoms. The molecule has 8 nitrogen and oxygen atoms in total. The van der Waals surface area contributed by atoms with Crippen LogP contribution in [0.1, 0.15) is 37.7 Å². The minimum Gasteiger partial charge on any atom is -0.466 e. The first kappa shape index (κ1) is 20.1. The van der Waals surface area contributed by atoms with Crippen LogP contribution in [-0.4, -0.2) is 50.5 Å². The molecule has 0 aromatic heterocycles. The van der Waals surface area contributed by atoms with E-state index in [4.69, 9.17) is 14.2 Å². The van der Waals surface area contributed by atoms with Gasteiger partial charge in [0.15, 0.2) is 0 Å². The highest BCUT2D eigenvalue weighted by atomic mass is 16.6. The molecule has 1 aromatic carbocycles. The van der Waals surface area contributed by atoms with Crippen LogP contribution in [0.4, 0.5) is 11.4 Å². The number of hydrogen-bond donors (Lipinski definition) is 1. The number of nitro benzene ring substituents is 1. The Morgan fingerprint density at radius 2 is 2.15 bits per heavy atom. The Labute approximate surface area is 153 Å². The van der Waals surface area contributed by atoms with Gasteiger partial charge in [-0.3, -0.25) is 14.9 Å². The maximum absolute atomic E-state index is 11.8. The molecule has 1 heterocycles. The van der Waals surface area contributed by atoms with Gasteiger partial charge in [-0.2, -0.15) is 0 Å². The van der Waals surface area contributed by atoms with Crippen molar-refractivity contribution >= 4 is 17.3 Å². The summed E-state index contributed by atoms with van der Waals surface area (Å²) in [7, 11) is 1.54. The monoisotopic (exact) mass is 366 g/mol. The van der Waals surface area contributed by atoms with E-state index in [2.05, 4.69) is 5.32 Å². The van der Waals surface area contributed by atoms with Crippen molar-refractivity contribution in [2.75, 3.05) is 38.9 Å². The fraction of sp³-hybridized carbons (Fsp3) is 0.611. The Kier molecular flexibility index (Phi) is 7.80. The number of hydrogen-bond acceptors (Lipinski definition) is 7. The summed E-state index contributed by atoms with van der Waals surface area (Å²) < 4.78 is 15.5. The third-order valence-electron chi connectivity index (χ3n) is 4.36. The van der Waals surface area contributed by atoms with E-state index in [1.54, 1.807) is 19.1 Å². The number of benzene rings is 1. The number of nitrogens with zero attached hydrogens (tertiary/aromatic N) is 1. The molecular weight excluding hydrogens is 340 g/mol. The lowest BCUT2D eigenvalue weighted by Gasteiger charge is -2.24. The average molecular weight is 366 g/mol. The normalized spacial score (nSPS) is 16.1. The Morgan fingerprint density at radius 3 is 2.77 bits per heavy atom. The number of ether oxygens (including phenoxy) is 3. The fourth-order valence-corrected chi connectivity index (χ4v) is 3.03. The van der Waals surface area contributed by atoms with E-state index in [1.807, 2.05) is 0 Å². The van der Waals surface area contributed by atoms with Crippen molar-refractivity contribution in [2.24, 2.45) is 0 Å². The lowest BCUT2D eigenvalue weighted by atomic mass is 9.95. The molecule has 1 unspecified atom stereocenters. The summed E-state index contributed by atoms with van der Waals surface area (Å²) in [4.78, 5) is 22.9. The van der Waals surface area contributed by atoms with Gasteiger partial charge in [-0.1, -0.05) is 6.07 Å². The average Bonchev–Trinajstić information content (AvgIpc) is 2.62. The van der Waals surface area contributed by atoms with E-state index in [9.17, 15) is 14.9 Å². The molecule has 1 aromatic rings. The van der Waals surface area contributed by atoms with Crippen molar-refractivity contribution in [1.29, 1.82) is 0 Å². The second-order valence-corrected chi connectivity index (χ2v) is 6.23. The van der Waals surface area contributed by atoms with Crippen LogP contribution < -0.4 is 5.32 Å². The lowest BCUT2D eigenvalue weighted by molar-refractivity contribution is -0.384. The predicted octanol–water partition coefficient (Wildman–Crippen LogP) is 2.87. The zero-order valence-electron chi connectivity index (χ0n) is 15.2. The first-order valence-corrected chi connectivity index (χ1v) is 8.82. The van der Waals surface area contributed by atoms with Gasteiger partial charge in [0.1, 0.15) is 5.69 Å². The highest BCUT2D eigenvalue weighted by Gasteiger charge is 2.23. The van der Waals surface area contributed by atoms with Gasteiger partial charge in [0.05, 0.1) is 24.6 Å². The van der Waals surface area contributed by atoms with Crippen LogP contribution in [0.2, 0.25) is 0 Å². The summed E-state index contributed by atoms with van der Waals surface area (Å²) in [5, 5.41) is 14.8. The molecule has 1 aliphatic heterocycles. The molecule has 0 radical (unpaired) electrons. The van der Waals surface area contributed by atoms with E-state index in [1.165, 1.54) is 13.2 Å². The SMILES string of the molecule is CCOC(=O)CC(COC)c1ccc(NC2CCOCC2)c([N+](=O)[O-])c1. The van der Waals surface area contributed by atoms with E-state index in [-0.39, 0.29) is 36.6 Å². The Hall–Kier alpha value is -2.19. The van der Waals surface area contributed by atoms with Gasteiger partial charge in [-0.15, -0.1) is 0 Å². The van der Waals surface area contributed by atoms with Gasteiger partial charge < -0.3 is 19.5 Å². The highest BCUT2D eigenvalue weighted by Crippen LogP contribution is 2.32. The van der Waals surface area contributed by atoms with Crippen LogP contribution in [0.25, 0.3) is 0 Å². The number of esters is 1. The van der Waals surface area contributed by atoms with Crippen LogP contribution >= 0.6 is 0 Å². The highest BCUT2D eigenvalue weighted by molar-refractivity contribution is 5.71. The summed E-state index contributed by atoms with van der Waals surface area (Å²) in [5.74, 6) is -0.642. The molecule has 1 aliphatic rings. The van der Waals surface area contributed by atoms with Gasteiger partial charge in [0.25, 0.3) is 5.69 Å². The van der Waals surface area contributed by atoms with Gasteiger partial charge in [0.2, 0.25) is 0 Å². The number of anilines is 1. The predicted molar refractivity (Wildman–Crippen MR) is 96.4 cm³/mol. The van der Waals surface area contributed by atoms with Gasteiger partial charge >= 0.3 is 5.97 Å². The van der Waals surface area contributed by atoms with Crippen LogP contribution in [-0.2, 0) is 19.0 Å². The van der Waals surface area contributed by atoms with E-state index >= 15 is 0 Å². The molecule has 2 rings (SSSR count). The smallest absolute Gasteiger partial charge is 0.306 e. The molecule has 0 saturated carbocycles. The topological polar surface area (TPSA) is 99.9 Å². The number of nitro groups is 1. The summed E-state index contributed by atoms with van der Waals surface area (Å²) in [6, 6.07) is 5.18. The standard InChI is InChI=1S/C18H26N2O6/c1-3-26-18(21)11-14(12-24-2)13-4-5-16(17(10-13)20(22)23)19-15-6-8-25-9-7-15/h4-5,10,14-15,19H,3,6-9,11-12H2,1-2H3. The summed E-state index contributed by atoms with van der Waals surface area (Å²) in [5.41, 5.74) is 1.17. The molecule has 0 spiro atoms. The molecule has 1 fully saturated rings. The van der Waals surface area contributed by atoms with Gasteiger partial charge in [-0.05, 0) is 31.4 Å². The number of carbonyl (C=O) groups is 1. The van der Waals surface area contributed by atoms with Crippen molar-refractivity contribution < 1.29 is 23.9 Å². The Balaban J connectivity index is 2.20. The van der Waals surface area contributed by atoms with Crippen LogP contribution in [0, 0.1) is 10.1 Å². The number of rotatable bonds is 9. The van der Waals surface area contributed by atoms with Crippen molar-refractivity contribution in [3.63, 3.8) is 0 Å². The van der Waals surface area contributed by atoms with Crippen LogP contribution in [0.3, 0.4) is 0 Å². The van der Waals surface area contributed by atoms with E-state index in [0.29, 0.717) is 31.1 Å². The van der Waals surface area contributed by atoms with Crippen molar-refractivity contribution in [3.8, 4) is 0 Å². The Bertz CT molecular complexity index is 616. The molecule has 1 N–H and O–H groups in total. The minimum atomic E-state index is -0.403. The Morgan fingerprint density at radius 1 is 1.42 bits per heavy atom. The third kappa shape index (κ3) is 5.67. The van der Waals surface area contributed by atoms with Gasteiger partial charge in [-0.25, -0.2) is 0 Å². The minimum absolute atomic E-state index is 0.000969. The molecule has 144 valence electrons. The summed E-state index contributed by atoms with van der Waals surface area (Å²) in [6.45, 7) is 3.62. The molecule has 1 atom stereocenters. The maximum Gasteiger partial charge on any atom is 0.306 e. The number of nitrogens with one attached hydrogen (secondary N) is 1. The number of methoxy groups -OCH3 is 1. The van der Waals surface area contributed by atoms with E-state index < -0.39 is 4.92 Å². The first-order chi connectivity index (χ1) is 12.5. The molecule has 0 bridgehead atoms. The van der Waals surface area contributed by atoms with Crippen LogP contribution in [0.5, 0.6) is 0 Å². The second kappa shape index (κ2) is 10.1. The summed E-state index contributed by atoms with van der Waals surface area (Å²) >= 11 is 0. The van der Waals surface area contributed by atoms with E-state index in [0.717, 1.165) is 12.8 Å². The second-order valence-electron chi connectivity index (χ2n) is 6.23. The van der Waals surface area contributed by atoms with Crippen molar-refractivity contribution in [2.45, 2.75) is 38.1 Å². The van der Waals surface area contributed by atoms with Gasteiger partial charge in [0, 0.05) is 38.3 Å². The molecule has 1 saturated heterocycles. The largest absolute Gasteiger partial charge is 0.466 e. The van der Waals surface area contributed by atoms with Crippen LogP contribution in [0.15, 0.2) is 18.2 Å². The summed E-state index contributed by atoms with van der Waals surface area (Å²) in [6.07, 6.45) is 1.74. The molecular formula is C18H26N2O6. The molecule has 0 aliphatic carbocycles. The van der Waals surface area contributed by atoms with Crippen molar-refractivity contribution in [3.05, 3.63) is 33.9 Å². The zero-order chi connectivity index (χ0) is 18.9. The number of carbonyl (C=O) groups excluding carboxylic acids is 1. The zero-order valence-corrected chi connectivity index (χ0v) is 15.2. The molecule has 8 heteroatoms. The maximum atomic E-state index is 11.8. The quantitative estimate of drug-likeness (QED) is 0.407. The fourth-order valence-electron chi connectivity index (χ4n) is 3.03. The third-order valence-corrected chi connectivity index (χ3v) is 4.36. The molecule has 0 amide bonds. The lowest BCUT2D eigenvalue weighted by Crippen LogP contribution is -2.28. The van der Waals surface area contributed by atoms with Crippen molar-refractivity contribution in [1.82, 2.24) is 0 Å². The first-order valence-electron chi connectivity index (χ1n) is 8.82.